The minimum absolute atomic E-state index is 0.0717. The van der Waals surface area contributed by atoms with Gasteiger partial charge in [-0.2, -0.15) is 0 Å². The van der Waals surface area contributed by atoms with Gasteiger partial charge in [-0.1, -0.05) is 240 Å². The molecule has 0 amide bonds. The van der Waals surface area contributed by atoms with E-state index in [1.807, 2.05) is 6.20 Å². The Morgan fingerprint density at radius 3 is 1.29 bits per heavy atom. The molecule has 0 aliphatic carbocycles. The predicted molar refractivity (Wildman–Crippen MR) is 341 cm³/mol. The molecule has 1 aliphatic heterocycles. The van der Waals surface area contributed by atoms with Gasteiger partial charge in [-0.25, -0.2) is 4.98 Å². The number of hydrogen-bond acceptors (Lipinski definition) is 4. The van der Waals surface area contributed by atoms with Gasteiger partial charge >= 0.3 is 0 Å². The lowest BCUT2D eigenvalue weighted by molar-refractivity contribution is 0.475. The fraction of sp³-hybridized carbons (Fsp3) is 0.347. The topological polar surface area (TPSA) is 33.5 Å². The summed E-state index contributed by atoms with van der Waals surface area (Å²) >= 11 is 0. The van der Waals surface area contributed by atoms with Crippen LogP contribution in [0.15, 0.2) is 194 Å². The van der Waals surface area contributed by atoms with Crippen LogP contribution in [0.25, 0.3) is 27.6 Å². The molecule has 412 valence electrons. The highest BCUT2D eigenvalue weighted by atomic mass is 16.5. The van der Waals surface area contributed by atoms with Crippen LogP contribution < -0.4 is 14.5 Å². The lowest BCUT2D eigenvalue weighted by atomic mass is 9.73. The molecular weight excluding hydrogens is 973 g/mol. The smallest absolute Gasteiger partial charge is 0.137 e. The second kappa shape index (κ2) is 20.0. The van der Waals surface area contributed by atoms with Crippen molar-refractivity contribution in [1.29, 1.82) is 0 Å². The zero-order valence-corrected chi connectivity index (χ0v) is 51.2. The number of anilines is 2. The molecule has 5 nitrogen and oxygen atoms in total. The number of para-hydroxylation sites is 1. The molecule has 0 radical (unpaired) electrons. The quantitative estimate of drug-likeness (QED) is 0.129. The lowest BCUT2D eigenvalue weighted by Gasteiger charge is -2.39. The molecule has 0 spiro atoms. The maximum absolute atomic E-state index is 7.48. The van der Waals surface area contributed by atoms with Crippen LogP contribution in [0, 0.1) is 0 Å². The number of nitrogens with zero attached hydrogens (tertiary/aromatic N) is 4. The molecule has 9 aromatic rings. The van der Waals surface area contributed by atoms with E-state index >= 15 is 0 Å². The Hall–Kier alpha value is -7.37. The van der Waals surface area contributed by atoms with Crippen LogP contribution in [0.1, 0.15) is 169 Å². The highest BCUT2D eigenvalue weighted by Gasteiger charge is 2.47. The maximum atomic E-state index is 7.48. The minimum Gasteiger partial charge on any atom is -0.457 e. The molecule has 10 rings (SSSR count). The number of hydrogen-bond donors (Lipinski definition) is 0. The Morgan fingerprint density at radius 2 is 0.800 bits per heavy atom. The van der Waals surface area contributed by atoms with Crippen molar-refractivity contribution in [1.82, 2.24) is 9.55 Å². The zero-order chi connectivity index (χ0) is 57.5. The second-order valence-corrected chi connectivity index (χ2v) is 28.4. The predicted octanol–water partition coefficient (Wildman–Crippen LogP) is 19.9. The third-order valence-electron chi connectivity index (χ3n) is 17.2. The highest BCUT2D eigenvalue weighted by Crippen LogP contribution is 2.52. The molecule has 0 saturated heterocycles. The summed E-state index contributed by atoms with van der Waals surface area (Å²) in [5.41, 5.74) is 15.4. The van der Waals surface area contributed by atoms with E-state index in [9.17, 15) is 0 Å². The normalized spacial score (nSPS) is 14.2. The molecule has 0 fully saturated rings. The van der Waals surface area contributed by atoms with E-state index in [2.05, 4.69) is 315 Å². The summed E-state index contributed by atoms with van der Waals surface area (Å²) in [4.78, 5) is 10.4. The van der Waals surface area contributed by atoms with E-state index < -0.39 is 10.8 Å². The van der Waals surface area contributed by atoms with Crippen LogP contribution in [0.5, 0.6) is 11.5 Å². The molecule has 80 heavy (non-hydrogen) atoms. The average molecular weight is 1060 g/mol. The Kier molecular flexibility index (Phi) is 14.0. The first kappa shape index (κ1) is 55.9. The molecule has 3 heterocycles. The molecule has 1 aliphatic rings. The molecule has 0 N–H and O–H groups in total. The summed E-state index contributed by atoms with van der Waals surface area (Å²) in [6, 6.07) is 65.2. The first-order valence-corrected chi connectivity index (χ1v) is 29.0. The van der Waals surface area contributed by atoms with E-state index in [4.69, 9.17) is 9.72 Å². The first-order chi connectivity index (χ1) is 37.5. The van der Waals surface area contributed by atoms with E-state index in [1.54, 1.807) is 0 Å². The second-order valence-electron chi connectivity index (χ2n) is 28.4. The molecular formula is C75H86N4O. The highest BCUT2D eigenvalue weighted by molar-refractivity contribution is 6.11. The van der Waals surface area contributed by atoms with Crippen LogP contribution in [0.2, 0.25) is 0 Å². The van der Waals surface area contributed by atoms with Crippen LogP contribution in [0.4, 0.5) is 11.4 Å². The van der Waals surface area contributed by atoms with Crippen molar-refractivity contribution in [2.24, 2.45) is 0 Å². The van der Waals surface area contributed by atoms with Crippen LogP contribution >= 0.6 is 0 Å². The van der Waals surface area contributed by atoms with Gasteiger partial charge in [0.05, 0.1) is 29.1 Å². The average Bonchev–Trinajstić information content (AvgIpc) is 4.18. The van der Waals surface area contributed by atoms with E-state index in [0.717, 1.165) is 34.0 Å². The van der Waals surface area contributed by atoms with E-state index in [0.29, 0.717) is 6.67 Å². The fourth-order valence-electron chi connectivity index (χ4n) is 12.1. The van der Waals surface area contributed by atoms with Gasteiger partial charge in [-0.3, -0.25) is 4.57 Å². The van der Waals surface area contributed by atoms with Gasteiger partial charge in [0.2, 0.25) is 0 Å². The van der Waals surface area contributed by atoms with E-state index in [1.165, 1.54) is 72.4 Å². The summed E-state index contributed by atoms with van der Waals surface area (Å²) in [5.74, 6) is 2.46. The number of rotatable bonds is 11. The molecule has 2 aromatic heterocycles. The third-order valence-corrected chi connectivity index (χ3v) is 17.2. The summed E-state index contributed by atoms with van der Waals surface area (Å²) in [7, 11) is 0. The van der Waals surface area contributed by atoms with Gasteiger partial charge in [0.15, 0.2) is 0 Å². The summed E-state index contributed by atoms with van der Waals surface area (Å²) in [6.45, 7) is 42.8. The Labute approximate surface area is 479 Å². The van der Waals surface area contributed by atoms with Gasteiger partial charge in [-0.15, -0.1) is 0 Å². The van der Waals surface area contributed by atoms with Crippen molar-refractivity contribution in [3.8, 4) is 17.3 Å². The molecule has 0 unspecified atom stereocenters. The Morgan fingerprint density at radius 1 is 0.362 bits per heavy atom. The lowest BCUT2D eigenvalue weighted by Crippen LogP contribution is -2.35. The summed E-state index contributed by atoms with van der Waals surface area (Å²) in [5, 5.41) is 2.41. The molecule has 5 heteroatoms. The van der Waals surface area contributed by atoms with Gasteiger partial charge in [0.1, 0.15) is 17.3 Å². The van der Waals surface area contributed by atoms with Crippen molar-refractivity contribution in [2.45, 2.75) is 163 Å². The van der Waals surface area contributed by atoms with Crippen molar-refractivity contribution in [3.63, 3.8) is 0 Å². The number of allylic oxidation sites excluding steroid dienone is 2. The van der Waals surface area contributed by atoms with Gasteiger partial charge in [0, 0.05) is 56.7 Å². The van der Waals surface area contributed by atoms with Gasteiger partial charge in [-0.05, 0) is 115 Å². The number of ether oxygens (including phenoxy) is 1. The number of fused-ring (bicyclic) bond motifs is 3. The van der Waals surface area contributed by atoms with Crippen LogP contribution in [0.3, 0.4) is 0 Å². The fourth-order valence-corrected chi connectivity index (χ4v) is 12.1. The van der Waals surface area contributed by atoms with Gasteiger partial charge < -0.3 is 14.5 Å². The van der Waals surface area contributed by atoms with Crippen molar-refractivity contribution >= 4 is 33.2 Å². The van der Waals surface area contributed by atoms with Crippen LogP contribution in [-0.4, -0.2) is 16.2 Å². The summed E-state index contributed by atoms with van der Waals surface area (Å²) < 4.78 is 9.83. The minimum atomic E-state index is -0.452. The summed E-state index contributed by atoms with van der Waals surface area (Å²) in [6.07, 6.45) is 1.97. The van der Waals surface area contributed by atoms with Crippen molar-refractivity contribution < 1.29 is 4.74 Å². The van der Waals surface area contributed by atoms with Gasteiger partial charge in [0.25, 0.3) is 0 Å². The number of benzene rings is 7. The SMILES string of the molecule is CC(C)(C)c1cc(Oc2cc(C(C)(C)C)c3c4ccccc4n(-c4cc(C(C)(C)c5ccccc5)ccn4)c3c2)cc(N2CN(c3cc(C(C)(C)C)cc(C(C)(C)C)c3)C(C(C)(C)c3ccccc3)=C2C(C)(C)c2ccccc2)c1. The van der Waals surface area contributed by atoms with E-state index in [-0.39, 0.29) is 27.1 Å². The Bertz CT molecular complexity index is 3740. The monoisotopic (exact) mass is 1060 g/mol. The largest absolute Gasteiger partial charge is 0.457 e. The number of aromatic nitrogens is 2. The van der Waals surface area contributed by atoms with Crippen molar-refractivity contribution in [3.05, 3.63) is 238 Å². The molecule has 7 aromatic carbocycles. The number of pyridine rings is 1. The zero-order valence-electron chi connectivity index (χ0n) is 51.2. The molecule has 0 atom stereocenters. The first-order valence-electron chi connectivity index (χ1n) is 29.0. The Balaban J connectivity index is 1.21. The van der Waals surface area contributed by atoms with Crippen LogP contribution in [-0.2, 0) is 37.9 Å². The maximum Gasteiger partial charge on any atom is 0.137 e. The third kappa shape index (κ3) is 10.4. The van der Waals surface area contributed by atoms with Crippen molar-refractivity contribution in [2.75, 3.05) is 16.5 Å². The molecule has 0 saturated carbocycles. The molecule has 0 bridgehead atoms. The standard InChI is InChI=1S/C75H86N4O/c1-69(2,3)54-40-55(70(4,5)6)42-57(41-54)77-49-78(68(75(17,18)52-34-26-21-27-35-52)67(77)74(15,16)51-32-24-20-25-33-51)58-43-56(71(7,8)9)44-59(46-58)80-60-47-62(72(10,11)12)66-61-36-28-29-37-63(61)79(64(66)48-60)65-45-53(38-39-76-65)73(13,14)50-30-22-19-23-31-50/h19-48H,49H2,1-18H3.